The molecular weight excluding hydrogens is 304 g/mol. The summed E-state index contributed by atoms with van der Waals surface area (Å²) in [6, 6.07) is 5.52. The van der Waals surface area contributed by atoms with E-state index in [1.807, 2.05) is 28.8 Å². The molecule has 1 N–H and O–H groups in total. The number of nitrogens with one attached hydrogen (secondary N) is 1. The van der Waals surface area contributed by atoms with Crippen molar-refractivity contribution < 1.29 is 4.79 Å². The summed E-state index contributed by atoms with van der Waals surface area (Å²) in [4.78, 5) is 14.8. The summed E-state index contributed by atoms with van der Waals surface area (Å²) in [6.45, 7) is 6.80. The molecule has 3 nitrogen and oxygen atoms in total. The number of thioether (sulfide) groups is 1. The average Bonchev–Trinajstić information content (AvgIpc) is 2.53. The number of halogens is 1. The summed E-state index contributed by atoms with van der Waals surface area (Å²) in [7, 11) is 0. The van der Waals surface area contributed by atoms with Crippen LogP contribution in [0.2, 0.25) is 5.02 Å². The third-order valence-electron chi connectivity index (χ3n) is 3.66. The van der Waals surface area contributed by atoms with Gasteiger partial charge in [-0.15, -0.1) is 0 Å². The highest BCUT2D eigenvalue weighted by atomic mass is 35.5. The molecule has 0 saturated carbocycles. The number of hydrogen-bond donors (Lipinski definition) is 1. The Morgan fingerprint density at radius 2 is 2.29 bits per heavy atom. The van der Waals surface area contributed by atoms with E-state index in [4.69, 9.17) is 11.6 Å². The van der Waals surface area contributed by atoms with Gasteiger partial charge in [0.25, 0.3) is 5.91 Å². The van der Waals surface area contributed by atoms with E-state index in [1.165, 1.54) is 0 Å². The van der Waals surface area contributed by atoms with Crippen molar-refractivity contribution in [3.8, 4) is 0 Å². The molecule has 0 aliphatic carbocycles. The zero-order valence-corrected chi connectivity index (χ0v) is 14.3. The van der Waals surface area contributed by atoms with Gasteiger partial charge < -0.3 is 10.2 Å². The first kappa shape index (κ1) is 16.5. The first-order valence-corrected chi connectivity index (χ1v) is 9.02. The molecule has 116 valence electrons. The van der Waals surface area contributed by atoms with Gasteiger partial charge in [-0.05, 0) is 31.0 Å². The largest absolute Gasteiger partial charge is 0.384 e. The zero-order chi connectivity index (χ0) is 15.2. The predicted molar refractivity (Wildman–Crippen MR) is 92.7 cm³/mol. The molecule has 1 aliphatic rings. The minimum Gasteiger partial charge on any atom is -0.384 e. The van der Waals surface area contributed by atoms with E-state index in [1.54, 1.807) is 6.07 Å². The number of amides is 1. The molecule has 2 rings (SSSR count). The molecule has 0 bridgehead atoms. The van der Waals surface area contributed by atoms with Crippen molar-refractivity contribution in [3.05, 3.63) is 28.8 Å². The van der Waals surface area contributed by atoms with Crippen LogP contribution < -0.4 is 5.32 Å². The molecule has 5 heteroatoms. The van der Waals surface area contributed by atoms with E-state index < -0.39 is 0 Å². The van der Waals surface area contributed by atoms with Gasteiger partial charge in [-0.25, -0.2) is 0 Å². The third-order valence-corrected chi connectivity index (χ3v) is 5.27. The van der Waals surface area contributed by atoms with Gasteiger partial charge in [0, 0.05) is 41.3 Å². The molecule has 1 aliphatic heterocycles. The number of carbonyl (C=O) groups excluding carboxylic acids is 1. The van der Waals surface area contributed by atoms with Crippen molar-refractivity contribution in [1.82, 2.24) is 4.90 Å². The summed E-state index contributed by atoms with van der Waals surface area (Å²) >= 11 is 8.05. The van der Waals surface area contributed by atoms with E-state index in [0.717, 1.165) is 43.9 Å². The van der Waals surface area contributed by atoms with E-state index in [0.29, 0.717) is 15.8 Å². The molecule has 1 saturated heterocycles. The smallest absolute Gasteiger partial charge is 0.256 e. The molecular formula is C16H23ClN2OS. The summed E-state index contributed by atoms with van der Waals surface area (Å²) in [5.74, 6) is 1.11. The molecule has 0 spiro atoms. The first-order valence-electron chi connectivity index (χ1n) is 7.60. The normalized spacial score (nSPS) is 18.6. The van der Waals surface area contributed by atoms with Gasteiger partial charge in [0.2, 0.25) is 0 Å². The first-order chi connectivity index (χ1) is 10.2. The molecule has 1 aromatic carbocycles. The minimum absolute atomic E-state index is 0.0925. The molecule has 1 fully saturated rings. The number of nitrogens with zero attached hydrogens (tertiary/aromatic N) is 1. The minimum atomic E-state index is 0.0925. The quantitative estimate of drug-likeness (QED) is 0.883. The molecule has 1 heterocycles. The molecule has 0 aromatic heterocycles. The zero-order valence-electron chi connectivity index (χ0n) is 12.7. The Balaban J connectivity index is 2.18. The topological polar surface area (TPSA) is 32.3 Å². The molecule has 1 aromatic rings. The van der Waals surface area contributed by atoms with Crippen LogP contribution in [-0.2, 0) is 0 Å². The number of hydrogen-bond acceptors (Lipinski definition) is 3. The number of benzene rings is 1. The molecule has 1 amide bonds. The fourth-order valence-electron chi connectivity index (χ4n) is 2.43. The number of carbonyl (C=O) groups is 1. The fourth-order valence-corrected chi connectivity index (χ4v) is 3.78. The van der Waals surface area contributed by atoms with Crippen molar-refractivity contribution in [1.29, 1.82) is 0 Å². The third kappa shape index (κ3) is 4.30. The maximum atomic E-state index is 12.8. The van der Waals surface area contributed by atoms with Crippen molar-refractivity contribution in [2.45, 2.75) is 31.9 Å². The second-order valence-electron chi connectivity index (χ2n) is 5.27. The molecule has 0 radical (unpaired) electrons. The SMILES string of the molecule is CCCNc1ccc(Cl)cc1C(=O)N1CCSC(CC)C1. The Morgan fingerprint density at radius 1 is 1.48 bits per heavy atom. The van der Waals surface area contributed by atoms with Crippen LogP contribution in [0.3, 0.4) is 0 Å². The molecule has 1 unspecified atom stereocenters. The highest BCUT2D eigenvalue weighted by molar-refractivity contribution is 8.00. The Kier molecular flexibility index (Phi) is 6.24. The van der Waals surface area contributed by atoms with Gasteiger partial charge in [-0.2, -0.15) is 11.8 Å². The summed E-state index contributed by atoms with van der Waals surface area (Å²) in [5.41, 5.74) is 1.58. The van der Waals surface area contributed by atoms with Gasteiger partial charge in [-0.1, -0.05) is 25.4 Å². The lowest BCUT2D eigenvalue weighted by molar-refractivity contribution is 0.0762. The van der Waals surface area contributed by atoms with Gasteiger partial charge in [0.15, 0.2) is 0 Å². The Morgan fingerprint density at radius 3 is 3.00 bits per heavy atom. The van der Waals surface area contributed by atoms with Crippen molar-refractivity contribution in [3.63, 3.8) is 0 Å². The highest BCUT2D eigenvalue weighted by Crippen LogP contribution is 2.26. The van der Waals surface area contributed by atoms with Crippen LogP contribution in [0.1, 0.15) is 37.0 Å². The number of anilines is 1. The molecule has 1 atom stereocenters. The standard InChI is InChI=1S/C16H23ClN2OS/c1-3-7-18-15-6-5-12(17)10-14(15)16(20)19-8-9-21-13(4-2)11-19/h5-6,10,13,18H,3-4,7-9,11H2,1-2H3. The second-order valence-corrected chi connectivity index (χ2v) is 7.11. The van der Waals surface area contributed by atoms with Crippen molar-refractivity contribution >= 4 is 35.0 Å². The Bertz CT molecular complexity index is 495. The van der Waals surface area contributed by atoms with Crippen LogP contribution in [0, 0.1) is 0 Å². The Labute approximate surface area is 136 Å². The predicted octanol–water partition coefficient (Wildman–Crippen LogP) is 4.13. The maximum absolute atomic E-state index is 12.8. The van der Waals surface area contributed by atoms with Crippen LogP contribution in [0.25, 0.3) is 0 Å². The van der Waals surface area contributed by atoms with Crippen LogP contribution in [0.4, 0.5) is 5.69 Å². The van der Waals surface area contributed by atoms with Gasteiger partial charge in [0.1, 0.15) is 0 Å². The highest BCUT2D eigenvalue weighted by Gasteiger charge is 2.25. The average molecular weight is 327 g/mol. The lowest BCUT2D eigenvalue weighted by Gasteiger charge is -2.32. The maximum Gasteiger partial charge on any atom is 0.256 e. The summed E-state index contributed by atoms with van der Waals surface area (Å²) < 4.78 is 0. The van der Waals surface area contributed by atoms with Crippen LogP contribution in [0.15, 0.2) is 18.2 Å². The van der Waals surface area contributed by atoms with Crippen molar-refractivity contribution in [2.75, 3.05) is 30.7 Å². The lowest BCUT2D eigenvalue weighted by atomic mass is 10.1. The second kappa shape index (κ2) is 7.95. The van der Waals surface area contributed by atoms with Gasteiger partial charge in [-0.3, -0.25) is 4.79 Å². The van der Waals surface area contributed by atoms with Crippen LogP contribution in [0.5, 0.6) is 0 Å². The summed E-state index contributed by atoms with van der Waals surface area (Å²) in [5, 5.41) is 4.48. The van der Waals surface area contributed by atoms with Crippen LogP contribution >= 0.6 is 23.4 Å². The monoisotopic (exact) mass is 326 g/mol. The Hall–Kier alpha value is -0.870. The fraction of sp³-hybridized carbons (Fsp3) is 0.562. The van der Waals surface area contributed by atoms with Crippen LogP contribution in [-0.4, -0.2) is 41.4 Å². The van der Waals surface area contributed by atoms with E-state index in [2.05, 4.69) is 19.2 Å². The van der Waals surface area contributed by atoms with Gasteiger partial charge >= 0.3 is 0 Å². The molecule has 21 heavy (non-hydrogen) atoms. The van der Waals surface area contributed by atoms with E-state index >= 15 is 0 Å². The summed E-state index contributed by atoms with van der Waals surface area (Å²) in [6.07, 6.45) is 2.12. The van der Waals surface area contributed by atoms with E-state index in [-0.39, 0.29) is 5.91 Å². The van der Waals surface area contributed by atoms with Gasteiger partial charge in [0.05, 0.1) is 5.56 Å². The number of rotatable bonds is 5. The van der Waals surface area contributed by atoms with Crippen molar-refractivity contribution in [2.24, 2.45) is 0 Å². The van der Waals surface area contributed by atoms with E-state index in [9.17, 15) is 4.79 Å². The lowest BCUT2D eigenvalue weighted by Crippen LogP contribution is -2.42.